The number of halogens is 4. The van der Waals surface area contributed by atoms with E-state index in [-0.39, 0.29) is 12.4 Å². The summed E-state index contributed by atoms with van der Waals surface area (Å²) in [5.41, 5.74) is 0.886. The molecule has 0 bridgehead atoms. The van der Waals surface area contributed by atoms with Crippen LogP contribution in [-0.2, 0) is 12.7 Å². The van der Waals surface area contributed by atoms with Gasteiger partial charge in [-0.3, -0.25) is 9.20 Å². The SMILES string of the molecule is Cc1c(CNC(=O)c2ccccc2C(F)(F)F)sc2nc(-c3ccc(F)cc3)cn12. The third-order valence-electron chi connectivity index (χ3n) is 4.68. The van der Waals surface area contributed by atoms with Crippen LogP contribution in [0.25, 0.3) is 16.2 Å². The molecule has 0 aliphatic carbocycles. The smallest absolute Gasteiger partial charge is 0.347 e. The van der Waals surface area contributed by atoms with E-state index in [1.165, 1.54) is 35.6 Å². The minimum Gasteiger partial charge on any atom is -0.347 e. The number of alkyl halides is 3. The van der Waals surface area contributed by atoms with E-state index >= 15 is 0 Å². The Labute approximate surface area is 172 Å². The molecular formula is C21H15F4N3OS. The van der Waals surface area contributed by atoms with Crippen LogP contribution in [0, 0.1) is 12.7 Å². The summed E-state index contributed by atoms with van der Waals surface area (Å²) in [4.78, 5) is 18.3. The zero-order chi connectivity index (χ0) is 21.5. The third kappa shape index (κ3) is 3.80. The van der Waals surface area contributed by atoms with Gasteiger partial charge in [0, 0.05) is 22.3 Å². The van der Waals surface area contributed by atoms with Gasteiger partial charge in [0.2, 0.25) is 0 Å². The Kier molecular flexibility index (Phi) is 5.07. The van der Waals surface area contributed by atoms with Crippen molar-refractivity contribution in [3.8, 4) is 11.3 Å². The van der Waals surface area contributed by atoms with Crippen LogP contribution < -0.4 is 5.32 Å². The summed E-state index contributed by atoms with van der Waals surface area (Å²) in [5, 5.41) is 2.56. The Morgan fingerprint density at radius 2 is 1.83 bits per heavy atom. The van der Waals surface area contributed by atoms with Crippen LogP contribution in [-0.4, -0.2) is 15.3 Å². The second-order valence-corrected chi connectivity index (χ2v) is 7.68. The van der Waals surface area contributed by atoms with Crippen LogP contribution >= 0.6 is 11.3 Å². The number of hydrogen-bond acceptors (Lipinski definition) is 3. The lowest BCUT2D eigenvalue weighted by atomic mass is 10.1. The first-order chi connectivity index (χ1) is 14.2. The molecular weight excluding hydrogens is 418 g/mol. The van der Waals surface area contributed by atoms with E-state index in [0.717, 1.165) is 28.3 Å². The maximum Gasteiger partial charge on any atom is 0.417 e. The van der Waals surface area contributed by atoms with Gasteiger partial charge in [0.25, 0.3) is 5.91 Å². The molecule has 0 spiro atoms. The number of nitrogens with zero attached hydrogens (tertiary/aromatic N) is 2. The Balaban J connectivity index is 1.54. The van der Waals surface area contributed by atoms with Crippen LogP contribution in [0.15, 0.2) is 54.7 Å². The normalized spacial score (nSPS) is 11.8. The van der Waals surface area contributed by atoms with E-state index in [0.29, 0.717) is 10.7 Å². The zero-order valence-electron chi connectivity index (χ0n) is 15.6. The number of nitrogens with one attached hydrogen (secondary N) is 1. The standard InChI is InChI=1S/C21H15F4N3OS/c1-12-18(10-26-19(29)15-4-2-3-5-16(15)21(23,24)25)30-20-27-17(11-28(12)20)13-6-8-14(22)9-7-13/h2-9,11H,10H2,1H3,(H,26,29). The van der Waals surface area contributed by atoms with Gasteiger partial charge >= 0.3 is 6.18 Å². The van der Waals surface area contributed by atoms with Gasteiger partial charge in [-0.25, -0.2) is 9.37 Å². The summed E-state index contributed by atoms with van der Waals surface area (Å²) in [6, 6.07) is 10.7. The van der Waals surface area contributed by atoms with E-state index in [9.17, 15) is 22.4 Å². The predicted molar refractivity (Wildman–Crippen MR) is 106 cm³/mol. The van der Waals surface area contributed by atoms with Crippen molar-refractivity contribution in [2.45, 2.75) is 19.6 Å². The average Bonchev–Trinajstić information content (AvgIpc) is 3.25. The van der Waals surface area contributed by atoms with E-state index in [2.05, 4.69) is 10.3 Å². The highest BCUT2D eigenvalue weighted by Crippen LogP contribution is 2.32. The number of fused-ring (bicyclic) bond motifs is 1. The molecule has 154 valence electrons. The molecule has 0 saturated carbocycles. The number of rotatable bonds is 4. The number of benzene rings is 2. The van der Waals surface area contributed by atoms with Gasteiger partial charge < -0.3 is 5.32 Å². The molecule has 9 heteroatoms. The highest BCUT2D eigenvalue weighted by Gasteiger charge is 2.34. The lowest BCUT2D eigenvalue weighted by Gasteiger charge is -2.12. The number of imidazole rings is 1. The summed E-state index contributed by atoms with van der Waals surface area (Å²) in [7, 11) is 0. The van der Waals surface area contributed by atoms with Crippen molar-refractivity contribution in [2.24, 2.45) is 0 Å². The Morgan fingerprint density at radius 3 is 2.50 bits per heavy atom. The van der Waals surface area contributed by atoms with Crippen LogP contribution in [0.1, 0.15) is 26.5 Å². The highest BCUT2D eigenvalue weighted by molar-refractivity contribution is 7.17. The molecule has 0 saturated heterocycles. The summed E-state index contributed by atoms with van der Waals surface area (Å²) >= 11 is 1.33. The van der Waals surface area contributed by atoms with Gasteiger partial charge in [-0.2, -0.15) is 13.2 Å². The molecule has 0 aliphatic heterocycles. The quantitative estimate of drug-likeness (QED) is 0.435. The van der Waals surface area contributed by atoms with Crippen LogP contribution in [0.5, 0.6) is 0 Å². The number of carbonyl (C=O) groups is 1. The molecule has 0 aliphatic rings. The minimum atomic E-state index is -4.61. The van der Waals surface area contributed by atoms with Crippen molar-refractivity contribution in [1.29, 1.82) is 0 Å². The molecule has 4 aromatic rings. The third-order valence-corrected chi connectivity index (χ3v) is 5.84. The first kappa shape index (κ1) is 20.1. The van der Waals surface area contributed by atoms with Crippen molar-refractivity contribution < 1.29 is 22.4 Å². The van der Waals surface area contributed by atoms with Gasteiger partial charge in [0.05, 0.1) is 23.4 Å². The average molecular weight is 433 g/mol. The lowest BCUT2D eigenvalue weighted by Crippen LogP contribution is -2.25. The molecule has 2 heterocycles. The Morgan fingerprint density at radius 1 is 1.13 bits per heavy atom. The number of hydrogen-bond donors (Lipinski definition) is 1. The fraction of sp³-hybridized carbons (Fsp3) is 0.143. The monoisotopic (exact) mass is 433 g/mol. The molecule has 4 rings (SSSR count). The van der Waals surface area contributed by atoms with Crippen LogP contribution in [0.3, 0.4) is 0 Å². The van der Waals surface area contributed by atoms with Crippen molar-refractivity contribution in [1.82, 2.24) is 14.7 Å². The van der Waals surface area contributed by atoms with Crippen molar-refractivity contribution >= 4 is 22.2 Å². The summed E-state index contributed by atoms with van der Waals surface area (Å²) in [6.45, 7) is 1.92. The molecule has 2 aromatic carbocycles. The fourth-order valence-electron chi connectivity index (χ4n) is 3.10. The van der Waals surface area contributed by atoms with Gasteiger partial charge in [-0.15, -0.1) is 0 Å². The van der Waals surface area contributed by atoms with Gasteiger partial charge in [-0.1, -0.05) is 23.5 Å². The van der Waals surface area contributed by atoms with Gasteiger partial charge in [0.1, 0.15) is 5.82 Å². The molecule has 4 nitrogen and oxygen atoms in total. The molecule has 0 unspecified atom stereocenters. The highest BCUT2D eigenvalue weighted by atomic mass is 32.1. The molecule has 1 amide bonds. The number of amides is 1. The molecule has 1 N–H and O–H groups in total. The second-order valence-electron chi connectivity index (χ2n) is 6.62. The predicted octanol–water partition coefficient (Wildman–Crippen LogP) is 5.46. The van der Waals surface area contributed by atoms with E-state index in [1.54, 1.807) is 18.3 Å². The second kappa shape index (κ2) is 7.56. The van der Waals surface area contributed by atoms with Gasteiger partial charge in [-0.05, 0) is 43.3 Å². The number of thiazole rings is 1. The van der Waals surface area contributed by atoms with Crippen LogP contribution in [0.4, 0.5) is 17.6 Å². The molecule has 30 heavy (non-hydrogen) atoms. The number of aryl methyl sites for hydroxylation is 1. The topological polar surface area (TPSA) is 46.4 Å². The Hall–Kier alpha value is -3.20. The Bertz CT molecular complexity index is 1230. The van der Waals surface area contributed by atoms with E-state index in [1.807, 2.05) is 11.3 Å². The minimum absolute atomic E-state index is 0.0801. The zero-order valence-corrected chi connectivity index (χ0v) is 16.4. The summed E-state index contributed by atoms with van der Waals surface area (Å²) in [5.74, 6) is -1.12. The summed E-state index contributed by atoms with van der Waals surface area (Å²) in [6.07, 6.45) is -2.80. The van der Waals surface area contributed by atoms with E-state index in [4.69, 9.17) is 0 Å². The summed E-state index contributed by atoms with van der Waals surface area (Å²) < 4.78 is 54.3. The maximum atomic E-state index is 13.1. The maximum absolute atomic E-state index is 13.1. The largest absolute Gasteiger partial charge is 0.417 e. The fourth-order valence-corrected chi connectivity index (χ4v) is 4.14. The molecule has 0 radical (unpaired) electrons. The van der Waals surface area contributed by atoms with Crippen molar-refractivity contribution in [3.05, 3.63) is 82.2 Å². The lowest BCUT2D eigenvalue weighted by molar-refractivity contribution is -0.137. The first-order valence-corrected chi connectivity index (χ1v) is 9.73. The van der Waals surface area contributed by atoms with Crippen molar-refractivity contribution in [3.63, 3.8) is 0 Å². The first-order valence-electron chi connectivity index (χ1n) is 8.92. The molecule has 0 fully saturated rings. The number of aromatic nitrogens is 2. The van der Waals surface area contributed by atoms with E-state index < -0.39 is 23.2 Å². The van der Waals surface area contributed by atoms with Gasteiger partial charge in [0.15, 0.2) is 4.96 Å². The molecule has 0 atom stereocenters. The number of carbonyl (C=O) groups excluding carboxylic acids is 1. The van der Waals surface area contributed by atoms with Crippen LogP contribution in [0.2, 0.25) is 0 Å². The molecule has 2 aromatic heterocycles. The van der Waals surface area contributed by atoms with Crippen molar-refractivity contribution in [2.75, 3.05) is 0 Å².